The van der Waals surface area contributed by atoms with Crippen LogP contribution in [0.5, 0.6) is 0 Å². The third-order valence-corrected chi connectivity index (χ3v) is 4.38. The lowest BCUT2D eigenvalue weighted by molar-refractivity contribution is -0.141. The number of amides is 1. The Bertz CT molecular complexity index is 551. The summed E-state index contributed by atoms with van der Waals surface area (Å²) in [5, 5.41) is 9.00. The monoisotopic (exact) mass is 277 g/mol. The summed E-state index contributed by atoms with van der Waals surface area (Å²) in [6, 6.07) is 6.05. The zero-order valence-electron chi connectivity index (χ0n) is 11.0. The molecule has 0 bridgehead atoms. The van der Waals surface area contributed by atoms with E-state index in [1.807, 2.05) is 0 Å². The topological polar surface area (TPSA) is 57.6 Å². The van der Waals surface area contributed by atoms with Gasteiger partial charge in [-0.3, -0.25) is 9.59 Å². The standard InChI is InChI=1S/C15H16FNO3/c16-12-3-1-11(2-4-12)15(6-7-15)14(20)17-8-5-10(9-17)13(18)19/h1-4,10H,5-9H2,(H,18,19). The van der Waals surface area contributed by atoms with E-state index < -0.39 is 17.3 Å². The van der Waals surface area contributed by atoms with Gasteiger partial charge >= 0.3 is 5.97 Å². The lowest BCUT2D eigenvalue weighted by Gasteiger charge is -2.23. The van der Waals surface area contributed by atoms with Crippen molar-refractivity contribution in [2.24, 2.45) is 5.92 Å². The number of hydrogen-bond acceptors (Lipinski definition) is 2. The van der Waals surface area contributed by atoms with E-state index in [2.05, 4.69) is 0 Å². The number of carboxylic acid groups (broad SMARTS) is 1. The van der Waals surface area contributed by atoms with Gasteiger partial charge in [0.2, 0.25) is 5.91 Å². The zero-order chi connectivity index (χ0) is 14.3. The number of aliphatic carboxylic acids is 1. The first-order valence-corrected chi connectivity index (χ1v) is 6.81. The highest BCUT2D eigenvalue weighted by Crippen LogP contribution is 2.50. The molecule has 1 N–H and O–H groups in total. The maximum atomic E-state index is 13.0. The van der Waals surface area contributed by atoms with Gasteiger partial charge in [0.05, 0.1) is 11.3 Å². The molecule has 1 amide bonds. The number of halogens is 1. The van der Waals surface area contributed by atoms with Crippen molar-refractivity contribution in [2.75, 3.05) is 13.1 Å². The molecule has 1 unspecified atom stereocenters. The summed E-state index contributed by atoms with van der Waals surface area (Å²) in [5.41, 5.74) is 0.295. The van der Waals surface area contributed by atoms with Crippen LogP contribution in [-0.4, -0.2) is 35.0 Å². The molecule has 3 rings (SSSR count). The van der Waals surface area contributed by atoms with Crippen molar-refractivity contribution in [3.63, 3.8) is 0 Å². The molecule has 1 saturated carbocycles. The molecule has 0 aromatic heterocycles. The smallest absolute Gasteiger partial charge is 0.308 e. The summed E-state index contributed by atoms with van der Waals surface area (Å²) in [6.45, 7) is 0.788. The van der Waals surface area contributed by atoms with E-state index in [0.717, 1.165) is 18.4 Å². The Kier molecular flexibility index (Phi) is 3.00. The second-order valence-corrected chi connectivity index (χ2v) is 5.66. The molecule has 1 saturated heterocycles. The van der Waals surface area contributed by atoms with Gasteiger partial charge in [-0.15, -0.1) is 0 Å². The summed E-state index contributed by atoms with van der Waals surface area (Å²) in [7, 11) is 0. The number of likely N-dealkylation sites (tertiary alicyclic amines) is 1. The van der Waals surface area contributed by atoms with Crippen molar-refractivity contribution in [2.45, 2.75) is 24.7 Å². The average molecular weight is 277 g/mol. The van der Waals surface area contributed by atoms with E-state index in [9.17, 15) is 14.0 Å². The van der Waals surface area contributed by atoms with E-state index in [4.69, 9.17) is 5.11 Å². The van der Waals surface area contributed by atoms with Gasteiger partial charge in [-0.25, -0.2) is 4.39 Å². The Hall–Kier alpha value is -1.91. The molecule has 5 heteroatoms. The number of carbonyl (C=O) groups excluding carboxylic acids is 1. The predicted molar refractivity (Wildman–Crippen MR) is 69.6 cm³/mol. The molecule has 1 heterocycles. The summed E-state index contributed by atoms with van der Waals surface area (Å²) >= 11 is 0. The van der Waals surface area contributed by atoms with Gasteiger partial charge < -0.3 is 10.0 Å². The number of rotatable bonds is 3. The first-order chi connectivity index (χ1) is 9.53. The van der Waals surface area contributed by atoms with Crippen molar-refractivity contribution in [1.82, 2.24) is 4.90 Å². The summed E-state index contributed by atoms with van der Waals surface area (Å²) in [5.74, 6) is -1.62. The molecule has 1 aromatic carbocycles. The normalized spacial score (nSPS) is 23.6. The summed E-state index contributed by atoms with van der Waals surface area (Å²) < 4.78 is 13.0. The van der Waals surface area contributed by atoms with Crippen LogP contribution >= 0.6 is 0 Å². The second kappa shape index (κ2) is 4.58. The molecule has 2 aliphatic rings. The van der Waals surface area contributed by atoms with Gasteiger partial charge in [0.15, 0.2) is 0 Å². The minimum absolute atomic E-state index is 0.00661. The van der Waals surface area contributed by atoms with Crippen molar-refractivity contribution in [1.29, 1.82) is 0 Å². The number of carbonyl (C=O) groups is 2. The van der Waals surface area contributed by atoms with Gasteiger partial charge in [0.1, 0.15) is 5.82 Å². The SMILES string of the molecule is O=C(O)C1CCN(C(=O)C2(c3ccc(F)cc3)CC2)C1. The van der Waals surface area contributed by atoms with Crippen LogP contribution in [0.4, 0.5) is 4.39 Å². The fourth-order valence-electron chi connectivity index (χ4n) is 2.97. The molecule has 2 fully saturated rings. The summed E-state index contributed by atoms with van der Waals surface area (Å²) in [4.78, 5) is 25.2. The van der Waals surface area contributed by atoms with Crippen LogP contribution in [0.1, 0.15) is 24.8 Å². The van der Waals surface area contributed by atoms with Gasteiger partial charge in [-0.1, -0.05) is 12.1 Å². The zero-order valence-corrected chi connectivity index (χ0v) is 11.0. The first kappa shape index (κ1) is 13.1. The van der Waals surface area contributed by atoms with Crippen molar-refractivity contribution >= 4 is 11.9 Å². The van der Waals surface area contributed by atoms with Crippen LogP contribution in [0, 0.1) is 11.7 Å². The fourth-order valence-corrected chi connectivity index (χ4v) is 2.97. The first-order valence-electron chi connectivity index (χ1n) is 6.81. The molecule has 1 aliphatic carbocycles. The van der Waals surface area contributed by atoms with E-state index in [1.54, 1.807) is 17.0 Å². The van der Waals surface area contributed by atoms with Gasteiger partial charge in [-0.05, 0) is 37.0 Å². The van der Waals surface area contributed by atoms with E-state index >= 15 is 0 Å². The Morgan fingerprint density at radius 2 is 1.90 bits per heavy atom. The highest BCUT2D eigenvalue weighted by molar-refractivity contribution is 5.92. The molecule has 1 aliphatic heterocycles. The van der Waals surface area contributed by atoms with Gasteiger partial charge in [0, 0.05) is 13.1 Å². The lowest BCUT2D eigenvalue weighted by atomic mass is 9.94. The molecule has 106 valence electrons. The van der Waals surface area contributed by atoms with Crippen molar-refractivity contribution in [3.8, 4) is 0 Å². The second-order valence-electron chi connectivity index (χ2n) is 5.66. The highest BCUT2D eigenvalue weighted by Gasteiger charge is 2.54. The Labute approximate surface area is 116 Å². The Balaban J connectivity index is 1.77. The summed E-state index contributed by atoms with van der Waals surface area (Å²) in [6.07, 6.45) is 2.03. The average Bonchev–Trinajstić information content (AvgIpc) is 3.08. The maximum absolute atomic E-state index is 13.0. The molecule has 0 radical (unpaired) electrons. The minimum atomic E-state index is -0.841. The predicted octanol–water partition coefficient (Wildman–Crippen LogP) is 1.79. The molecule has 4 nitrogen and oxygen atoms in total. The van der Waals surface area contributed by atoms with Crippen LogP contribution < -0.4 is 0 Å². The number of nitrogens with zero attached hydrogens (tertiary/aromatic N) is 1. The fraction of sp³-hybridized carbons (Fsp3) is 0.467. The van der Waals surface area contributed by atoms with E-state index in [-0.39, 0.29) is 18.3 Å². The number of carboxylic acids is 1. The minimum Gasteiger partial charge on any atom is -0.481 e. The highest BCUT2D eigenvalue weighted by atomic mass is 19.1. The van der Waals surface area contributed by atoms with Crippen LogP contribution in [0.15, 0.2) is 24.3 Å². The Morgan fingerprint density at radius 1 is 1.25 bits per heavy atom. The third kappa shape index (κ3) is 2.07. The largest absolute Gasteiger partial charge is 0.481 e. The quantitative estimate of drug-likeness (QED) is 0.916. The molecule has 20 heavy (non-hydrogen) atoms. The van der Waals surface area contributed by atoms with Crippen LogP contribution in [0.3, 0.4) is 0 Å². The number of benzene rings is 1. The van der Waals surface area contributed by atoms with E-state index in [0.29, 0.717) is 13.0 Å². The lowest BCUT2D eigenvalue weighted by Crippen LogP contribution is -2.38. The van der Waals surface area contributed by atoms with Crippen molar-refractivity contribution < 1.29 is 19.1 Å². The molecule has 1 atom stereocenters. The third-order valence-electron chi connectivity index (χ3n) is 4.38. The van der Waals surface area contributed by atoms with Gasteiger partial charge in [-0.2, -0.15) is 0 Å². The molecular weight excluding hydrogens is 261 g/mol. The van der Waals surface area contributed by atoms with Gasteiger partial charge in [0.25, 0.3) is 0 Å². The maximum Gasteiger partial charge on any atom is 0.308 e. The molecule has 1 aromatic rings. The molecule has 0 spiro atoms. The van der Waals surface area contributed by atoms with Crippen LogP contribution in [-0.2, 0) is 15.0 Å². The van der Waals surface area contributed by atoms with E-state index in [1.165, 1.54) is 12.1 Å². The Morgan fingerprint density at radius 3 is 2.40 bits per heavy atom. The number of hydrogen-bond donors (Lipinski definition) is 1. The van der Waals surface area contributed by atoms with Crippen molar-refractivity contribution in [3.05, 3.63) is 35.6 Å². The van der Waals surface area contributed by atoms with Crippen LogP contribution in [0.2, 0.25) is 0 Å². The van der Waals surface area contributed by atoms with Crippen LogP contribution in [0.25, 0.3) is 0 Å². The molecular formula is C15H16FNO3.